The van der Waals surface area contributed by atoms with Crippen LogP contribution in [-0.4, -0.2) is 54.7 Å². The number of rotatable bonds is 7. The van der Waals surface area contributed by atoms with Crippen LogP contribution >= 0.6 is 11.3 Å². The Labute approximate surface area is 231 Å². The lowest BCUT2D eigenvalue weighted by Crippen LogP contribution is -2.39. The van der Waals surface area contributed by atoms with Crippen molar-refractivity contribution in [3.63, 3.8) is 0 Å². The number of sulfone groups is 1. The average Bonchev–Trinajstić information content (AvgIpc) is 3.48. The van der Waals surface area contributed by atoms with Crippen molar-refractivity contribution in [2.45, 2.75) is 13.5 Å². The van der Waals surface area contributed by atoms with E-state index in [-0.39, 0.29) is 23.3 Å². The summed E-state index contributed by atoms with van der Waals surface area (Å²) in [5.74, 6) is -0.00330. The van der Waals surface area contributed by atoms with Gasteiger partial charge in [0.1, 0.15) is 4.88 Å². The van der Waals surface area contributed by atoms with E-state index in [0.717, 1.165) is 22.3 Å². The van der Waals surface area contributed by atoms with Crippen LogP contribution in [0.5, 0.6) is 0 Å². The second kappa shape index (κ2) is 11.5. The molecule has 0 saturated carbocycles. The van der Waals surface area contributed by atoms with Gasteiger partial charge in [0.15, 0.2) is 9.84 Å². The number of amides is 2. The highest BCUT2D eigenvalue weighted by Crippen LogP contribution is 2.28. The summed E-state index contributed by atoms with van der Waals surface area (Å²) < 4.78 is 23.2. The van der Waals surface area contributed by atoms with E-state index in [1.807, 2.05) is 61.5 Å². The summed E-state index contributed by atoms with van der Waals surface area (Å²) in [6.07, 6.45) is 1.54. The summed E-state index contributed by atoms with van der Waals surface area (Å²) in [4.78, 5) is 31.9. The number of nitrogens with zero attached hydrogens (tertiary/aromatic N) is 2. The molecule has 1 saturated heterocycles. The third-order valence-corrected chi connectivity index (χ3v) is 9.05. The van der Waals surface area contributed by atoms with E-state index in [9.17, 15) is 18.0 Å². The monoisotopic (exact) mass is 560 g/mol. The van der Waals surface area contributed by atoms with Crippen LogP contribution in [0.1, 0.15) is 31.2 Å². The van der Waals surface area contributed by atoms with Crippen LogP contribution in [0, 0.1) is 6.92 Å². The Kier molecular flexibility index (Phi) is 7.87. The van der Waals surface area contributed by atoms with Gasteiger partial charge in [-0.05, 0) is 65.6 Å². The number of carbonyl (C=O) groups excluding carboxylic acids is 2. The minimum Gasteiger partial charge on any atom is -0.322 e. The number of aryl methyl sites for hydroxylation is 1. The van der Waals surface area contributed by atoms with Crippen molar-refractivity contribution in [2.24, 2.45) is 0 Å². The molecule has 200 valence electrons. The first kappa shape index (κ1) is 26.7. The average molecular weight is 561 g/mol. The van der Waals surface area contributed by atoms with E-state index in [1.54, 1.807) is 23.8 Å². The van der Waals surface area contributed by atoms with Crippen molar-refractivity contribution in [2.75, 3.05) is 35.2 Å². The first-order chi connectivity index (χ1) is 18.8. The van der Waals surface area contributed by atoms with E-state index in [2.05, 4.69) is 20.5 Å². The topological polar surface area (TPSA) is 108 Å². The predicted octanol–water partition coefficient (Wildman–Crippen LogP) is 4.85. The molecule has 0 atom stereocenters. The second-order valence-corrected chi connectivity index (χ2v) is 12.7. The number of benzene rings is 3. The maximum Gasteiger partial charge on any atom is 0.267 e. The summed E-state index contributed by atoms with van der Waals surface area (Å²) in [5.41, 5.74) is 7.55. The van der Waals surface area contributed by atoms with Crippen molar-refractivity contribution >= 4 is 44.4 Å². The molecule has 10 heteroatoms. The smallest absolute Gasteiger partial charge is 0.267 e. The van der Waals surface area contributed by atoms with Gasteiger partial charge in [-0.25, -0.2) is 8.42 Å². The van der Waals surface area contributed by atoms with Gasteiger partial charge in [-0.1, -0.05) is 30.3 Å². The molecule has 1 aliphatic heterocycles. The van der Waals surface area contributed by atoms with E-state index in [4.69, 9.17) is 0 Å². The lowest BCUT2D eigenvalue weighted by atomic mass is 9.98. The lowest BCUT2D eigenvalue weighted by Gasteiger charge is -2.26. The Morgan fingerprint density at radius 2 is 1.56 bits per heavy atom. The predicted molar refractivity (Wildman–Crippen MR) is 155 cm³/mol. The summed E-state index contributed by atoms with van der Waals surface area (Å²) in [5, 5.41) is 5.84. The molecular formula is C29H28N4O4S2. The Balaban J connectivity index is 1.20. The Hall–Kier alpha value is -3.86. The first-order valence-corrected chi connectivity index (χ1v) is 15.2. The van der Waals surface area contributed by atoms with Gasteiger partial charge in [0.2, 0.25) is 0 Å². The number of carbonyl (C=O) groups is 2. The van der Waals surface area contributed by atoms with Gasteiger partial charge in [0.05, 0.1) is 23.2 Å². The van der Waals surface area contributed by atoms with Gasteiger partial charge in [0, 0.05) is 36.6 Å². The van der Waals surface area contributed by atoms with Crippen LogP contribution in [0.4, 0.5) is 11.4 Å². The molecule has 0 unspecified atom stereocenters. The summed E-state index contributed by atoms with van der Waals surface area (Å²) in [6, 6.07) is 20.7. The normalized spacial score (nSPS) is 15.0. The molecule has 5 rings (SSSR count). The first-order valence-electron chi connectivity index (χ1n) is 12.5. The zero-order valence-corrected chi connectivity index (χ0v) is 23.0. The third kappa shape index (κ3) is 6.78. The largest absolute Gasteiger partial charge is 0.322 e. The Morgan fingerprint density at radius 3 is 2.23 bits per heavy atom. The fraction of sp³-hybridized carbons (Fsp3) is 0.207. The molecule has 3 aromatic carbocycles. The van der Waals surface area contributed by atoms with E-state index < -0.39 is 9.84 Å². The molecule has 0 aliphatic carbocycles. The lowest BCUT2D eigenvalue weighted by molar-refractivity contribution is 0.102. The molecule has 1 fully saturated rings. The van der Waals surface area contributed by atoms with Gasteiger partial charge in [-0.15, -0.1) is 11.3 Å². The molecular weight excluding hydrogens is 532 g/mol. The van der Waals surface area contributed by atoms with Crippen LogP contribution in [0.15, 0.2) is 78.4 Å². The number of hydrogen-bond acceptors (Lipinski definition) is 7. The van der Waals surface area contributed by atoms with Crippen LogP contribution in [-0.2, 0) is 16.4 Å². The maximum atomic E-state index is 12.9. The molecule has 2 amide bonds. The standard InChI is InChI=1S/C29H28N4O4S2/c1-20-2-9-25(32-29(35)27-17-30-19-38-27)16-26(20)22-5-7-23(8-6-22)28(34)31-24-10-3-21(4-11-24)18-33-12-14-39(36,37)15-13-33/h2-11,16-17,19H,12-15,18H2,1H3,(H,31,34)(H,32,35). The molecule has 39 heavy (non-hydrogen) atoms. The third-order valence-electron chi connectivity index (χ3n) is 6.66. The minimum absolute atomic E-state index is 0.200. The fourth-order valence-corrected chi connectivity index (χ4v) is 6.19. The van der Waals surface area contributed by atoms with E-state index in [1.165, 1.54) is 11.3 Å². The molecule has 4 aromatic rings. The van der Waals surface area contributed by atoms with Crippen LogP contribution < -0.4 is 10.6 Å². The molecule has 2 heterocycles. The van der Waals surface area contributed by atoms with E-state index in [0.29, 0.717) is 41.4 Å². The van der Waals surface area contributed by atoms with Gasteiger partial charge in [-0.2, -0.15) is 0 Å². The van der Waals surface area contributed by atoms with Crippen molar-refractivity contribution in [1.29, 1.82) is 0 Å². The summed E-state index contributed by atoms with van der Waals surface area (Å²) in [6.45, 7) is 3.77. The van der Waals surface area contributed by atoms with Crippen LogP contribution in [0.3, 0.4) is 0 Å². The Morgan fingerprint density at radius 1 is 0.897 bits per heavy atom. The number of hydrogen-bond donors (Lipinski definition) is 2. The van der Waals surface area contributed by atoms with Crippen molar-refractivity contribution in [3.8, 4) is 11.1 Å². The van der Waals surface area contributed by atoms with E-state index >= 15 is 0 Å². The SMILES string of the molecule is Cc1ccc(NC(=O)c2cncs2)cc1-c1ccc(C(=O)Nc2ccc(CN3CCS(=O)(=O)CC3)cc2)cc1. The van der Waals surface area contributed by atoms with Gasteiger partial charge in [0.25, 0.3) is 11.8 Å². The summed E-state index contributed by atoms with van der Waals surface area (Å²) in [7, 11) is -2.90. The molecule has 0 radical (unpaired) electrons. The molecule has 0 spiro atoms. The Bertz CT molecular complexity index is 1570. The molecule has 8 nitrogen and oxygen atoms in total. The second-order valence-electron chi connectivity index (χ2n) is 9.51. The molecule has 1 aromatic heterocycles. The number of aromatic nitrogens is 1. The fourth-order valence-electron chi connectivity index (χ4n) is 4.40. The number of anilines is 2. The molecule has 0 bridgehead atoms. The van der Waals surface area contributed by atoms with Gasteiger partial charge in [-0.3, -0.25) is 19.5 Å². The summed E-state index contributed by atoms with van der Waals surface area (Å²) >= 11 is 1.28. The van der Waals surface area contributed by atoms with Crippen LogP contribution in [0.2, 0.25) is 0 Å². The zero-order chi connectivity index (χ0) is 27.4. The van der Waals surface area contributed by atoms with Gasteiger partial charge < -0.3 is 10.6 Å². The van der Waals surface area contributed by atoms with Crippen molar-refractivity contribution in [3.05, 3.63) is 100 Å². The van der Waals surface area contributed by atoms with Crippen molar-refractivity contribution in [1.82, 2.24) is 9.88 Å². The highest BCUT2D eigenvalue weighted by molar-refractivity contribution is 7.91. The van der Waals surface area contributed by atoms with Gasteiger partial charge >= 0.3 is 0 Å². The van der Waals surface area contributed by atoms with Crippen LogP contribution in [0.25, 0.3) is 11.1 Å². The quantitative estimate of drug-likeness (QED) is 0.334. The number of thiazole rings is 1. The minimum atomic E-state index is -2.90. The van der Waals surface area contributed by atoms with Crippen molar-refractivity contribution < 1.29 is 18.0 Å². The zero-order valence-electron chi connectivity index (χ0n) is 21.4. The highest BCUT2D eigenvalue weighted by atomic mass is 32.2. The maximum absolute atomic E-state index is 12.9. The number of nitrogens with one attached hydrogen (secondary N) is 2. The molecule has 2 N–H and O–H groups in total. The molecule has 1 aliphatic rings. The highest BCUT2D eigenvalue weighted by Gasteiger charge is 2.21.